The maximum absolute atomic E-state index is 12.6. The van der Waals surface area contributed by atoms with Gasteiger partial charge in [-0.15, -0.1) is 0 Å². The monoisotopic (exact) mass is 570 g/mol. The average Bonchev–Trinajstić information content (AvgIpc) is 2.66. The molecule has 1 aliphatic rings. The zero-order chi connectivity index (χ0) is 22.1. The van der Waals surface area contributed by atoms with Crippen LogP contribution in [0.25, 0.3) is 0 Å². The SMILES string of the molecule is Cc1ccc(S(=O)(=O)/N=C2C=C(Br)/C(=N/S(=O)(=O)c3ccc(C)cc3)C=C\2Br)cc1. The standard InChI is InChI=1S/C20H16Br2N2O4S2/c1-13-3-7-15(8-4-13)29(25,26)23-19-11-18(22)20(12-17(19)21)24-30(27,28)16-9-5-14(2)6-10-16/h3-12H,1-2H3/b23-19+,24-20+. The van der Waals surface area contributed by atoms with Gasteiger partial charge in [0.05, 0.1) is 21.2 Å². The lowest BCUT2D eigenvalue weighted by molar-refractivity contribution is 0.596. The van der Waals surface area contributed by atoms with Gasteiger partial charge in [0.2, 0.25) is 0 Å². The first-order valence-electron chi connectivity index (χ1n) is 8.56. The second-order valence-electron chi connectivity index (χ2n) is 6.51. The summed E-state index contributed by atoms with van der Waals surface area (Å²) in [6, 6.07) is 12.7. The number of hydrogen-bond acceptors (Lipinski definition) is 4. The second-order valence-corrected chi connectivity index (χ2v) is 11.4. The lowest BCUT2D eigenvalue weighted by Gasteiger charge is -2.11. The van der Waals surface area contributed by atoms with Gasteiger partial charge in [-0.2, -0.15) is 25.6 Å². The summed E-state index contributed by atoms with van der Waals surface area (Å²) in [7, 11) is -7.88. The normalized spacial score (nSPS) is 17.7. The molecule has 156 valence electrons. The van der Waals surface area contributed by atoms with E-state index in [1.54, 1.807) is 24.3 Å². The van der Waals surface area contributed by atoms with Crippen LogP contribution in [0.4, 0.5) is 0 Å². The molecule has 10 heteroatoms. The van der Waals surface area contributed by atoms with Crippen molar-refractivity contribution in [3.63, 3.8) is 0 Å². The largest absolute Gasteiger partial charge is 0.282 e. The fourth-order valence-corrected chi connectivity index (χ4v) is 5.52. The van der Waals surface area contributed by atoms with Crippen molar-refractivity contribution < 1.29 is 16.8 Å². The number of halogens is 2. The lowest BCUT2D eigenvalue weighted by atomic mass is 10.1. The molecule has 0 saturated carbocycles. The van der Waals surface area contributed by atoms with Crippen LogP contribution in [0.3, 0.4) is 0 Å². The molecule has 0 unspecified atom stereocenters. The minimum Gasteiger partial charge on any atom is -0.199 e. The highest BCUT2D eigenvalue weighted by molar-refractivity contribution is 9.12. The van der Waals surface area contributed by atoms with Crippen LogP contribution in [0, 0.1) is 13.8 Å². The number of benzene rings is 2. The number of sulfonamides is 2. The van der Waals surface area contributed by atoms with Crippen LogP contribution < -0.4 is 0 Å². The summed E-state index contributed by atoms with van der Waals surface area (Å²) in [5.74, 6) is 0. The Bertz CT molecular complexity index is 1220. The van der Waals surface area contributed by atoms with E-state index in [4.69, 9.17) is 0 Å². The third-order valence-electron chi connectivity index (χ3n) is 4.09. The van der Waals surface area contributed by atoms with Gasteiger partial charge in [0.25, 0.3) is 20.0 Å². The summed E-state index contributed by atoms with van der Waals surface area (Å²) in [4.78, 5) is 0.124. The molecular weight excluding hydrogens is 556 g/mol. The van der Waals surface area contributed by atoms with Crippen LogP contribution in [0.5, 0.6) is 0 Å². The zero-order valence-electron chi connectivity index (χ0n) is 15.9. The minimum atomic E-state index is -3.94. The highest BCUT2D eigenvalue weighted by atomic mass is 79.9. The van der Waals surface area contributed by atoms with Crippen molar-refractivity contribution in [1.82, 2.24) is 0 Å². The van der Waals surface area contributed by atoms with E-state index in [-0.39, 0.29) is 21.2 Å². The quantitative estimate of drug-likeness (QED) is 0.491. The zero-order valence-corrected chi connectivity index (χ0v) is 20.7. The van der Waals surface area contributed by atoms with Gasteiger partial charge in [0.15, 0.2) is 0 Å². The molecule has 0 heterocycles. The van der Waals surface area contributed by atoms with E-state index in [9.17, 15) is 16.8 Å². The maximum atomic E-state index is 12.6. The number of allylic oxidation sites excluding steroid dienone is 4. The smallest absolute Gasteiger partial charge is 0.199 e. The van der Waals surface area contributed by atoms with E-state index in [1.165, 1.54) is 36.4 Å². The summed E-state index contributed by atoms with van der Waals surface area (Å²) in [5, 5.41) is 0. The van der Waals surface area contributed by atoms with Gasteiger partial charge < -0.3 is 0 Å². The van der Waals surface area contributed by atoms with Crippen molar-refractivity contribution in [2.24, 2.45) is 8.80 Å². The predicted octanol–water partition coefficient (Wildman–Crippen LogP) is 4.83. The molecule has 0 aliphatic heterocycles. The summed E-state index contributed by atoms with van der Waals surface area (Å²) >= 11 is 6.52. The Kier molecular flexibility index (Phi) is 6.61. The number of hydrogen-bond donors (Lipinski definition) is 0. The molecule has 2 aromatic carbocycles. The Hall–Kier alpha value is -1.88. The molecule has 0 bridgehead atoms. The van der Waals surface area contributed by atoms with Gasteiger partial charge in [0, 0.05) is 8.96 Å². The van der Waals surface area contributed by atoms with Crippen LogP contribution in [0.2, 0.25) is 0 Å². The van der Waals surface area contributed by atoms with Crippen LogP contribution in [-0.4, -0.2) is 28.3 Å². The molecule has 0 fully saturated rings. The first kappa shape index (κ1) is 22.8. The van der Waals surface area contributed by atoms with Gasteiger partial charge in [-0.3, -0.25) is 0 Å². The summed E-state index contributed by atoms with van der Waals surface area (Å²) in [5.41, 5.74) is 2.10. The molecule has 30 heavy (non-hydrogen) atoms. The molecule has 0 saturated heterocycles. The van der Waals surface area contributed by atoms with Gasteiger partial charge in [-0.05, 0) is 82.1 Å². The van der Waals surface area contributed by atoms with Crippen molar-refractivity contribution in [2.75, 3.05) is 0 Å². The Balaban J connectivity index is 1.97. The van der Waals surface area contributed by atoms with Gasteiger partial charge >= 0.3 is 0 Å². The maximum Gasteiger partial charge on any atom is 0.282 e. The molecule has 0 spiro atoms. The third kappa shape index (κ3) is 5.23. The van der Waals surface area contributed by atoms with Crippen LogP contribution >= 0.6 is 31.9 Å². The van der Waals surface area contributed by atoms with E-state index < -0.39 is 20.0 Å². The number of nitrogens with zero attached hydrogens (tertiary/aromatic N) is 2. The molecule has 2 aromatic rings. The van der Waals surface area contributed by atoms with E-state index in [0.717, 1.165) is 11.1 Å². The molecule has 0 N–H and O–H groups in total. The van der Waals surface area contributed by atoms with Crippen molar-refractivity contribution in [2.45, 2.75) is 23.6 Å². The van der Waals surface area contributed by atoms with Crippen molar-refractivity contribution in [3.8, 4) is 0 Å². The van der Waals surface area contributed by atoms with Crippen LogP contribution in [0.15, 0.2) is 88.2 Å². The Morgan fingerprint density at radius 3 is 1.20 bits per heavy atom. The highest BCUT2D eigenvalue weighted by Gasteiger charge is 2.21. The Labute approximate surface area is 192 Å². The third-order valence-corrected chi connectivity index (χ3v) is 7.97. The van der Waals surface area contributed by atoms with Crippen LogP contribution in [0.1, 0.15) is 11.1 Å². The van der Waals surface area contributed by atoms with Gasteiger partial charge in [-0.1, -0.05) is 35.4 Å². The van der Waals surface area contributed by atoms with Crippen LogP contribution in [-0.2, 0) is 20.0 Å². The second kappa shape index (κ2) is 8.70. The van der Waals surface area contributed by atoms with E-state index >= 15 is 0 Å². The topological polar surface area (TPSA) is 93.0 Å². The molecule has 1 aliphatic carbocycles. The Morgan fingerprint density at radius 1 is 0.600 bits per heavy atom. The Morgan fingerprint density at radius 2 is 0.900 bits per heavy atom. The molecule has 0 aromatic heterocycles. The van der Waals surface area contributed by atoms with Crippen molar-refractivity contribution in [3.05, 3.63) is 80.8 Å². The van der Waals surface area contributed by atoms with E-state index in [2.05, 4.69) is 40.7 Å². The fourth-order valence-electron chi connectivity index (χ4n) is 2.45. The molecule has 0 radical (unpaired) electrons. The molecule has 3 rings (SSSR count). The number of rotatable bonds is 4. The average molecular weight is 572 g/mol. The van der Waals surface area contributed by atoms with Crippen molar-refractivity contribution in [1.29, 1.82) is 0 Å². The summed E-state index contributed by atoms with van der Waals surface area (Å²) in [6.07, 6.45) is 2.80. The molecule has 6 nitrogen and oxygen atoms in total. The van der Waals surface area contributed by atoms with Gasteiger partial charge in [-0.25, -0.2) is 0 Å². The number of aryl methyl sites for hydroxylation is 2. The van der Waals surface area contributed by atoms with E-state index in [1.807, 2.05) is 13.8 Å². The van der Waals surface area contributed by atoms with Crippen molar-refractivity contribution >= 4 is 63.3 Å². The molecule has 0 atom stereocenters. The predicted molar refractivity (Wildman–Crippen MR) is 126 cm³/mol. The summed E-state index contributed by atoms with van der Waals surface area (Å²) in [6.45, 7) is 3.71. The first-order chi connectivity index (χ1) is 14.0. The van der Waals surface area contributed by atoms with E-state index in [0.29, 0.717) is 8.96 Å². The lowest BCUT2D eigenvalue weighted by Crippen LogP contribution is -2.12. The molecule has 0 amide bonds. The summed E-state index contributed by atoms with van der Waals surface area (Å²) < 4.78 is 58.6. The highest BCUT2D eigenvalue weighted by Crippen LogP contribution is 2.26. The molecular formula is C20H16Br2N2O4S2. The minimum absolute atomic E-state index is 0.0619. The first-order valence-corrected chi connectivity index (χ1v) is 13.0. The fraction of sp³-hybridized carbons (Fsp3) is 0.100. The van der Waals surface area contributed by atoms with Gasteiger partial charge in [0.1, 0.15) is 0 Å².